The fourth-order valence-corrected chi connectivity index (χ4v) is 13.5. The van der Waals surface area contributed by atoms with E-state index < -0.39 is 28.9 Å². The number of carbonyl (C=O) groups excluding carboxylic acids is 3. The van der Waals surface area contributed by atoms with Crippen LogP contribution in [0.2, 0.25) is 5.02 Å². The van der Waals surface area contributed by atoms with Crippen LogP contribution in [0.5, 0.6) is 0 Å². The lowest BCUT2D eigenvalue weighted by molar-refractivity contribution is -0.235. The summed E-state index contributed by atoms with van der Waals surface area (Å²) >= 11 is 6.14. The summed E-state index contributed by atoms with van der Waals surface area (Å²) in [6.45, 7) is 22.1. The zero-order chi connectivity index (χ0) is 40.5. The molecule has 9 heteroatoms. The first-order valence-corrected chi connectivity index (χ1v) is 21.2. The van der Waals surface area contributed by atoms with E-state index >= 15 is 0 Å². The van der Waals surface area contributed by atoms with Crippen molar-refractivity contribution in [2.75, 3.05) is 6.54 Å². The molecule has 4 fully saturated rings. The summed E-state index contributed by atoms with van der Waals surface area (Å²) in [6.07, 6.45) is 7.14. The molecule has 0 bridgehead atoms. The molecule has 1 aromatic rings. The number of halogens is 1. The standard InChI is InChI=1S/C46H66ClNO7/c1-27(2)38-32(50)23-46(36(54-28(3)49)26-48-25-29-11-13-30(47)14-12-29)22-21-44(9)31(39(38)46)15-16-34-43(8)19-18-35(55-37(51)24-41(4,5)40(52)53)42(6,7)33(43)17-20-45(34,44)10/h11-14,27,31,33-36,48H,15-26H2,1-10H3,(H,52,53)/t31-,33+,34-,35+,36-,43+,44-,45-,46-/m1/s1. The second-order valence-corrected chi connectivity index (χ2v) is 20.8. The number of fused-ring (bicyclic) bond motifs is 7. The molecule has 304 valence electrons. The van der Waals surface area contributed by atoms with Crippen LogP contribution in [0.1, 0.15) is 139 Å². The van der Waals surface area contributed by atoms with Gasteiger partial charge in [-0.15, -0.1) is 0 Å². The molecule has 0 radical (unpaired) electrons. The highest BCUT2D eigenvalue weighted by Crippen LogP contribution is 2.77. The molecule has 1 aromatic carbocycles. The normalized spacial score (nSPS) is 36.0. The molecule has 0 spiro atoms. The molecular weight excluding hydrogens is 714 g/mol. The van der Waals surface area contributed by atoms with E-state index in [1.807, 2.05) is 24.3 Å². The first kappa shape index (κ1) is 41.9. The zero-order valence-corrected chi connectivity index (χ0v) is 35.8. The van der Waals surface area contributed by atoms with Crippen molar-refractivity contribution in [3.63, 3.8) is 0 Å². The molecule has 4 saturated carbocycles. The number of esters is 2. The van der Waals surface area contributed by atoms with E-state index in [-0.39, 0.29) is 57.8 Å². The Hall–Kier alpha value is -2.71. The zero-order valence-electron chi connectivity index (χ0n) is 35.0. The van der Waals surface area contributed by atoms with E-state index in [4.69, 9.17) is 21.1 Å². The monoisotopic (exact) mass is 779 g/mol. The smallest absolute Gasteiger partial charge is 0.309 e. The molecule has 5 aliphatic carbocycles. The number of carbonyl (C=O) groups is 4. The number of Topliss-reactive ketones (excluding diaryl/α,β-unsaturated/α-hetero) is 1. The van der Waals surface area contributed by atoms with E-state index in [0.717, 1.165) is 62.5 Å². The lowest BCUT2D eigenvalue weighted by Gasteiger charge is -2.72. The summed E-state index contributed by atoms with van der Waals surface area (Å²) in [6, 6.07) is 7.76. The van der Waals surface area contributed by atoms with Crippen molar-refractivity contribution in [1.29, 1.82) is 0 Å². The van der Waals surface area contributed by atoms with E-state index in [1.54, 1.807) is 13.8 Å². The summed E-state index contributed by atoms with van der Waals surface area (Å²) < 4.78 is 12.5. The van der Waals surface area contributed by atoms with Gasteiger partial charge < -0.3 is 19.9 Å². The van der Waals surface area contributed by atoms with Crippen molar-refractivity contribution < 1.29 is 33.8 Å². The van der Waals surface area contributed by atoms with E-state index in [2.05, 4.69) is 53.8 Å². The van der Waals surface area contributed by atoms with E-state index in [1.165, 1.54) is 12.5 Å². The second kappa shape index (κ2) is 14.6. The highest BCUT2D eigenvalue weighted by molar-refractivity contribution is 6.30. The van der Waals surface area contributed by atoms with Crippen LogP contribution in [-0.4, -0.2) is 47.6 Å². The molecule has 8 nitrogen and oxygen atoms in total. The Labute approximate surface area is 334 Å². The van der Waals surface area contributed by atoms with Gasteiger partial charge in [-0.25, -0.2) is 0 Å². The molecule has 5 aliphatic rings. The van der Waals surface area contributed by atoms with Crippen molar-refractivity contribution in [2.24, 2.45) is 56.2 Å². The highest BCUT2D eigenvalue weighted by Gasteiger charge is 2.71. The minimum Gasteiger partial charge on any atom is -0.481 e. The molecule has 0 saturated heterocycles. The summed E-state index contributed by atoms with van der Waals surface area (Å²) in [5.74, 6) is -0.439. The summed E-state index contributed by atoms with van der Waals surface area (Å²) in [5, 5.41) is 13.9. The number of allylic oxidation sites excluding steroid dienone is 1. The SMILES string of the molecule is CC(=O)O[C@H](CNCc1ccc(Cl)cc1)[C@]12CC[C@]3(C)[C@H](CC[C@@H]4[C@@]5(C)CC[C@H](OC(=O)CC(C)(C)C(=O)O)C(C)(C)[C@@H]5CC[C@]43C)C1=C(C(C)C)C(=O)C2. The van der Waals surface area contributed by atoms with Gasteiger partial charge >= 0.3 is 17.9 Å². The first-order chi connectivity index (χ1) is 25.5. The number of carboxylic acids is 1. The fraction of sp³-hybridized carbons (Fsp3) is 0.739. The Balaban J connectivity index is 1.30. The number of ketones is 1. The number of nitrogens with one attached hydrogen (secondary N) is 1. The maximum Gasteiger partial charge on any atom is 0.309 e. The van der Waals surface area contributed by atoms with E-state index in [0.29, 0.717) is 36.4 Å². The number of rotatable bonds is 11. The van der Waals surface area contributed by atoms with Crippen LogP contribution in [0.4, 0.5) is 0 Å². The summed E-state index contributed by atoms with van der Waals surface area (Å²) in [4.78, 5) is 52.0. The third-order valence-electron chi connectivity index (χ3n) is 16.4. The minimum atomic E-state index is -1.18. The molecule has 2 N–H and O–H groups in total. The molecule has 9 atom stereocenters. The number of aliphatic carboxylic acids is 1. The Morgan fingerprint density at radius 2 is 1.60 bits per heavy atom. The van der Waals surface area contributed by atoms with Gasteiger partial charge in [0.15, 0.2) is 5.78 Å². The number of hydrogen-bond donors (Lipinski definition) is 2. The fourth-order valence-electron chi connectivity index (χ4n) is 13.4. The van der Waals surface area contributed by atoms with Gasteiger partial charge in [0.05, 0.1) is 11.8 Å². The van der Waals surface area contributed by atoms with Gasteiger partial charge in [-0.2, -0.15) is 0 Å². The van der Waals surface area contributed by atoms with Crippen LogP contribution in [0.3, 0.4) is 0 Å². The van der Waals surface area contributed by atoms with Gasteiger partial charge in [-0.05, 0) is 134 Å². The van der Waals surface area contributed by atoms with Gasteiger partial charge in [0, 0.05) is 42.3 Å². The highest BCUT2D eigenvalue weighted by atomic mass is 35.5. The van der Waals surface area contributed by atoms with Crippen LogP contribution < -0.4 is 5.32 Å². The van der Waals surface area contributed by atoms with Crippen molar-refractivity contribution in [3.8, 4) is 0 Å². The number of ether oxygens (including phenoxy) is 2. The molecule has 0 aromatic heterocycles. The van der Waals surface area contributed by atoms with Crippen LogP contribution >= 0.6 is 11.6 Å². The lowest BCUT2D eigenvalue weighted by Crippen LogP contribution is -2.66. The molecular formula is C46H66ClNO7. The van der Waals surface area contributed by atoms with Gasteiger partial charge in [-0.1, -0.05) is 72.2 Å². The number of hydrogen-bond acceptors (Lipinski definition) is 7. The first-order valence-electron chi connectivity index (χ1n) is 20.9. The quantitative estimate of drug-likeness (QED) is 0.213. The predicted molar refractivity (Wildman–Crippen MR) is 214 cm³/mol. The molecule has 0 aliphatic heterocycles. The van der Waals surface area contributed by atoms with Crippen molar-refractivity contribution in [3.05, 3.63) is 46.0 Å². The van der Waals surface area contributed by atoms with Crippen LogP contribution in [-0.2, 0) is 35.2 Å². The Bertz CT molecular complexity index is 1730. The molecule has 0 unspecified atom stereocenters. The van der Waals surface area contributed by atoms with Crippen LogP contribution in [0.25, 0.3) is 0 Å². The van der Waals surface area contributed by atoms with Crippen molar-refractivity contribution in [2.45, 2.75) is 152 Å². The maximum atomic E-state index is 14.3. The summed E-state index contributed by atoms with van der Waals surface area (Å²) in [7, 11) is 0. The van der Waals surface area contributed by atoms with Gasteiger partial charge in [0.25, 0.3) is 0 Å². The predicted octanol–water partition coefficient (Wildman–Crippen LogP) is 9.75. The Kier molecular flexibility index (Phi) is 11.1. The molecule has 55 heavy (non-hydrogen) atoms. The number of benzene rings is 1. The largest absolute Gasteiger partial charge is 0.481 e. The second-order valence-electron chi connectivity index (χ2n) is 20.4. The average Bonchev–Trinajstić information content (AvgIpc) is 3.39. The van der Waals surface area contributed by atoms with E-state index in [9.17, 15) is 24.3 Å². The maximum absolute atomic E-state index is 14.3. The Morgan fingerprint density at radius 1 is 0.927 bits per heavy atom. The third kappa shape index (κ3) is 6.91. The van der Waals surface area contributed by atoms with Crippen LogP contribution in [0.15, 0.2) is 35.4 Å². The van der Waals surface area contributed by atoms with Gasteiger partial charge in [0.1, 0.15) is 12.2 Å². The van der Waals surface area contributed by atoms with Gasteiger partial charge in [-0.3, -0.25) is 19.2 Å². The Morgan fingerprint density at radius 3 is 2.22 bits per heavy atom. The number of carboxylic acid groups (broad SMARTS) is 1. The summed E-state index contributed by atoms with van der Waals surface area (Å²) in [5.41, 5.74) is 1.37. The molecule has 6 rings (SSSR count). The van der Waals surface area contributed by atoms with Crippen molar-refractivity contribution in [1.82, 2.24) is 5.32 Å². The minimum absolute atomic E-state index is 0.0168. The average molecular weight is 780 g/mol. The molecule has 0 heterocycles. The van der Waals surface area contributed by atoms with Crippen LogP contribution in [0, 0.1) is 56.2 Å². The van der Waals surface area contributed by atoms with Crippen molar-refractivity contribution >= 4 is 35.3 Å². The third-order valence-corrected chi connectivity index (χ3v) is 16.6. The van der Waals surface area contributed by atoms with Gasteiger partial charge in [0.2, 0.25) is 0 Å². The lowest BCUT2D eigenvalue weighted by atomic mass is 9.33. The molecule has 0 amide bonds. The topological polar surface area (TPSA) is 119 Å².